The van der Waals surface area contributed by atoms with Gasteiger partial charge in [0.2, 0.25) is 11.8 Å². The Morgan fingerprint density at radius 2 is 1.88 bits per heavy atom. The number of rotatable bonds is 4. The molecule has 0 saturated carbocycles. The van der Waals surface area contributed by atoms with Crippen molar-refractivity contribution in [2.24, 2.45) is 10.7 Å². The first-order chi connectivity index (χ1) is 12.5. The molecule has 0 aliphatic carbocycles. The van der Waals surface area contributed by atoms with Gasteiger partial charge >= 0.3 is 0 Å². The molecule has 26 heavy (non-hydrogen) atoms. The summed E-state index contributed by atoms with van der Waals surface area (Å²) < 4.78 is 0. The number of aliphatic imine (C=N–C) groups is 1. The summed E-state index contributed by atoms with van der Waals surface area (Å²) in [6.45, 7) is 4.10. The Balaban J connectivity index is 1.63. The standard InChI is InChI=1S/C19H18N4O2S/c1-12-15-5-3-4-6-16(15)22-19(23(12)2)26-11-17(24)21-14-9-7-13(8-10-14)18(20)25/h3-10H,1,11H2,2H3,(H2,20,25)(H,21,24). The normalized spacial score (nSPS) is 13.0. The number of hydrogen-bond acceptors (Lipinski definition) is 5. The second-order valence-corrected chi connectivity index (χ2v) is 6.64. The second-order valence-electron chi connectivity index (χ2n) is 5.70. The number of fused-ring (bicyclic) bond motifs is 1. The van der Waals surface area contributed by atoms with Gasteiger partial charge in [-0.3, -0.25) is 9.59 Å². The lowest BCUT2D eigenvalue weighted by atomic mass is 10.1. The lowest BCUT2D eigenvalue weighted by Crippen LogP contribution is -2.26. The molecule has 132 valence electrons. The van der Waals surface area contributed by atoms with Crippen LogP contribution in [0.25, 0.3) is 5.70 Å². The van der Waals surface area contributed by atoms with Crippen molar-refractivity contribution in [2.75, 3.05) is 18.1 Å². The van der Waals surface area contributed by atoms with E-state index in [9.17, 15) is 9.59 Å². The van der Waals surface area contributed by atoms with Gasteiger partial charge in [-0.15, -0.1) is 0 Å². The maximum atomic E-state index is 12.2. The van der Waals surface area contributed by atoms with Gasteiger partial charge in [0.15, 0.2) is 5.17 Å². The number of para-hydroxylation sites is 1. The van der Waals surface area contributed by atoms with Crippen molar-refractivity contribution in [3.8, 4) is 0 Å². The third kappa shape index (κ3) is 3.78. The van der Waals surface area contributed by atoms with E-state index in [1.54, 1.807) is 24.3 Å². The predicted molar refractivity (Wildman–Crippen MR) is 106 cm³/mol. The van der Waals surface area contributed by atoms with E-state index in [0.717, 1.165) is 16.9 Å². The number of nitrogens with zero attached hydrogens (tertiary/aromatic N) is 2. The van der Waals surface area contributed by atoms with Gasteiger partial charge in [-0.2, -0.15) is 0 Å². The van der Waals surface area contributed by atoms with E-state index in [1.165, 1.54) is 11.8 Å². The molecule has 0 bridgehead atoms. The highest BCUT2D eigenvalue weighted by Crippen LogP contribution is 2.34. The van der Waals surface area contributed by atoms with Crippen LogP contribution in [0.5, 0.6) is 0 Å². The number of primary amides is 1. The summed E-state index contributed by atoms with van der Waals surface area (Å²) in [5, 5.41) is 3.50. The number of nitrogens with two attached hydrogens (primary N) is 1. The summed E-state index contributed by atoms with van der Waals surface area (Å²) >= 11 is 1.34. The van der Waals surface area contributed by atoms with Crippen molar-refractivity contribution in [1.82, 2.24) is 4.90 Å². The van der Waals surface area contributed by atoms with Crippen LogP contribution in [0.1, 0.15) is 15.9 Å². The van der Waals surface area contributed by atoms with Crippen LogP contribution < -0.4 is 11.1 Å². The molecule has 2 amide bonds. The fourth-order valence-electron chi connectivity index (χ4n) is 2.46. The van der Waals surface area contributed by atoms with E-state index in [2.05, 4.69) is 16.9 Å². The summed E-state index contributed by atoms with van der Waals surface area (Å²) in [5.41, 5.74) is 8.88. The Bertz CT molecular complexity index is 906. The van der Waals surface area contributed by atoms with Crippen molar-refractivity contribution in [3.63, 3.8) is 0 Å². The minimum atomic E-state index is -0.503. The van der Waals surface area contributed by atoms with Crippen LogP contribution in [0, 0.1) is 0 Å². The molecule has 3 rings (SSSR count). The number of amidine groups is 1. The van der Waals surface area contributed by atoms with Gasteiger partial charge in [0.1, 0.15) is 0 Å². The number of thioether (sulfide) groups is 1. The highest BCUT2D eigenvalue weighted by atomic mass is 32.2. The highest BCUT2D eigenvalue weighted by molar-refractivity contribution is 8.14. The van der Waals surface area contributed by atoms with Crippen LogP contribution in [0.15, 0.2) is 60.1 Å². The molecule has 0 radical (unpaired) electrons. The summed E-state index contributed by atoms with van der Waals surface area (Å²) in [6.07, 6.45) is 0. The Labute approximate surface area is 155 Å². The van der Waals surface area contributed by atoms with Crippen LogP contribution in [-0.2, 0) is 4.79 Å². The largest absolute Gasteiger partial charge is 0.366 e. The zero-order valence-electron chi connectivity index (χ0n) is 14.2. The Hall–Kier alpha value is -3.06. The van der Waals surface area contributed by atoms with Gasteiger partial charge in [-0.1, -0.05) is 36.5 Å². The maximum absolute atomic E-state index is 12.2. The molecule has 1 aliphatic rings. The van der Waals surface area contributed by atoms with Crippen molar-refractivity contribution in [2.45, 2.75) is 0 Å². The van der Waals surface area contributed by atoms with Gasteiger partial charge in [0, 0.05) is 29.6 Å². The summed E-state index contributed by atoms with van der Waals surface area (Å²) in [6, 6.07) is 14.2. The average Bonchev–Trinajstić information content (AvgIpc) is 2.64. The number of carbonyl (C=O) groups excluding carboxylic acids is 2. The Morgan fingerprint density at radius 3 is 2.58 bits per heavy atom. The summed E-state index contributed by atoms with van der Waals surface area (Å²) in [7, 11) is 1.88. The molecule has 0 aromatic heterocycles. The van der Waals surface area contributed by atoms with Gasteiger partial charge in [-0.25, -0.2) is 4.99 Å². The van der Waals surface area contributed by atoms with E-state index in [1.807, 2.05) is 36.2 Å². The number of nitrogens with one attached hydrogen (secondary N) is 1. The van der Waals surface area contributed by atoms with Gasteiger partial charge in [-0.05, 0) is 30.3 Å². The lowest BCUT2D eigenvalue weighted by molar-refractivity contribution is -0.113. The molecule has 0 atom stereocenters. The molecule has 2 aromatic carbocycles. The number of hydrogen-bond donors (Lipinski definition) is 2. The number of carbonyl (C=O) groups is 2. The molecule has 1 heterocycles. The third-order valence-electron chi connectivity index (χ3n) is 3.91. The van der Waals surface area contributed by atoms with Crippen LogP contribution in [0.4, 0.5) is 11.4 Å². The van der Waals surface area contributed by atoms with Crippen molar-refractivity contribution in [1.29, 1.82) is 0 Å². The molecule has 0 fully saturated rings. The minimum Gasteiger partial charge on any atom is -0.366 e. The maximum Gasteiger partial charge on any atom is 0.248 e. The molecule has 6 nitrogen and oxygen atoms in total. The van der Waals surface area contributed by atoms with Gasteiger partial charge < -0.3 is 16.0 Å². The third-order valence-corrected chi connectivity index (χ3v) is 4.94. The highest BCUT2D eigenvalue weighted by Gasteiger charge is 2.21. The van der Waals surface area contributed by atoms with Gasteiger partial charge in [0.25, 0.3) is 0 Å². The van der Waals surface area contributed by atoms with Crippen molar-refractivity contribution >= 4 is 45.8 Å². The second kappa shape index (κ2) is 7.45. The number of amides is 2. The zero-order valence-corrected chi connectivity index (χ0v) is 15.0. The molecular formula is C19H18N4O2S. The lowest BCUT2D eigenvalue weighted by Gasteiger charge is -2.28. The SMILES string of the molecule is C=C1c2ccccc2N=C(SCC(=O)Nc2ccc(C(N)=O)cc2)N1C. The molecule has 0 unspecified atom stereocenters. The van der Waals surface area contributed by atoms with Crippen LogP contribution in [0.3, 0.4) is 0 Å². The molecule has 0 spiro atoms. The first-order valence-corrected chi connectivity index (χ1v) is 8.87. The van der Waals surface area contributed by atoms with Crippen molar-refractivity contribution in [3.05, 3.63) is 66.2 Å². The van der Waals surface area contributed by atoms with E-state index in [-0.39, 0.29) is 11.7 Å². The Morgan fingerprint density at radius 1 is 1.19 bits per heavy atom. The first-order valence-electron chi connectivity index (χ1n) is 7.89. The van der Waals surface area contributed by atoms with Crippen molar-refractivity contribution < 1.29 is 9.59 Å². The fourth-order valence-corrected chi connectivity index (χ4v) is 3.26. The monoisotopic (exact) mass is 366 g/mol. The van der Waals surface area contributed by atoms with E-state index < -0.39 is 5.91 Å². The molecule has 3 N–H and O–H groups in total. The Kier molecular flexibility index (Phi) is 5.09. The molecule has 0 saturated heterocycles. The van der Waals surface area contributed by atoms with Gasteiger partial charge in [0.05, 0.1) is 11.4 Å². The summed E-state index contributed by atoms with van der Waals surface area (Å²) in [4.78, 5) is 29.7. The smallest absolute Gasteiger partial charge is 0.248 e. The molecule has 7 heteroatoms. The van der Waals surface area contributed by atoms with Crippen LogP contribution in [-0.4, -0.2) is 34.7 Å². The number of benzene rings is 2. The topological polar surface area (TPSA) is 87.8 Å². The average molecular weight is 366 g/mol. The van der Waals surface area contributed by atoms with Crippen LogP contribution in [0.2, 0.25) is 0 Å². The van der Waals surface area contributed by atoms with E-state index in [4.69, 9.17) is 5.73 Å². The molecule has 2 aromatic rings. The number of anilines is 1. The predicted octanol–water partition coefficient (Wildman–Crippen LogP) is 3.06. The zero-order chi connectivity index (χ0) is 18.7. The minimum absolute atomic E-state index is 0.164. The first kappa shape index (κ1) is 17.8. The quantitative estimate of drug-likeness (QED) is 0.870. The summed E-state index contributed by atoms with van der Waals surface area (Å²) in [5.74, 6) is -0.462. The fraction of sp³-hybridized carbons (Fsp3) is 0.105. The molecular weight excluding hydrogens is 348 g/mol. The molecule has 1 aliphatic heterocycles. The van der Waals surface area contributed by atoms with Crippen LogP contribution >= 0.6 is 11.8 Å². The van der Waals surface area contributed by atoms with E-state index >= 15 is 0 Å². The van der Waals surface area contributed by atoms with E-state index in [0.29, 0.717) is 16.4 Å².